The number of nitrogens with one attached hydrogen (secondary N) is 1. The van der Waals surface area contributed by atoms with Crippen LogP contribution < -0.4 is 5.43 Å². The van der Waals surface area contributed by atoms with Crippen molar-refractivity contribution in [1.82, 2.24) is 10.4 Å². The van der Waals surface area contributed by atoms with Gasteiger partial charge in [0.15, 0.2) is 0 Å². The highest BCUT2D eigenvalue weighted by molar-refractivity contribution is 6.60. The summed E-state index contributed by atoms with van der Waals surface area (Å²) < 4.78 is 16.4. The summed E-state index contributed by atoms with van der Waals surface area (Å²) in [5.74, 6) is 0. The smallest absolute Gasteiger partial charge is 0.377 e. The van der Waals surface area contributed by atoms with E-state index in [-0.39, 0.29) is 11.1 Å². The van der Waals surface area contributed by atoms with Crippen LogP contribution in [0.1, 0.15) is 47.0 Å². The molecule has 0 aromatic heterocycles. The number of piperidine rings is 1. The fraction of sp³-hybridized carbons (Fsp3) is 1.00. The highest BCUT2D eigenvalue weighted by Gasteiger charge is 2.42. The highest BCUT2D eigenvalue weighted by Crippen LogP contribution is 2.36. The predicted octanol–water partition coefficient (Wildman–Crippen LogP) is 2.41. The van der Waals surface area contributed by atoms with Crippen molar-refractivity contribution >= 4 is 8.80 Å². The Morgan fingerprint density at radius 3 is 1.80 bits per heavy atom. The van der Waals surface area contributed by atoms with Crippen molar-refractivity contribution in [2.24, 2.45) is 0 Å². The van der Waals surface area contributed by atoms with Crippen molar-refractivity contribution in [2.75, 3.05) is 27.9 Å². The zero-order chi connectivity index (χ0) is 15.4. The molecule has 0 atom stereocenters. The van der Waals surface area contributed by atoms with Gasteiger partial charge in [0.05, 0.1) is 0 Å². The lowest BCUT2D eigenvalue weighted by molar-refractivity contribution is -0.0694. The Hall–Kier alpha value is 0.0169. The summed E-state index contributed by atoms with van der Waals surface area (Å²) in [5, 5.41) is 2.41. The first-order valence-corrected chi connectivity index (χ1v) is 9.35. The third-order valence-electron chi connectivity index (χ3n) is 4.42. The second kappa shape index (κ2) is 6.85. The van der Waals surface area contributed by atoms with Crippen molar-refractivity contribution in [1.29, 1.82) is 0 Å². The molecule has 0 aromatic rings. The lowest BCUT2D eigenvalue weighted by atomic mass is 9.82. The molecule has 0 aliphatic carbocycles. The predicted molar refractivity (Wildman–Crippen MR) is 83.4 cm³/mol. The summed E-state index contributed by atoms with van der Waals surface area (Å²) in [6.45, 7) is 10.0. The van der Waals surface area contributed by atoms with Gasteiger partial charge in [-0.2, -0.15) is 0 Å². The molecule has 0 unspecified atom stereocenters. The normalized spacial score (nSPS) is 22.9. The molecule has 0 bridgehead atoms. The van der Waals surface area contributed by atoms with Crippen LogP contribution in [0, 0.1) is 0 Å². The van der Waals surface area contributed by atoms with Gasteiger partial charge in [-0.15, -0.1) is 0 Å². The van der Waals surface area contributed by atoms with E-state index in [1.54, 1.807) is 21.3 Å². The molecule has 1 N–H and O–H groups in total. The first-order valence-electron chi connectivity index (χ1n) is 7.42. The molecule has 1 rings (SSSR count). The average molecular weight is 305 g/mol. The molecule has 1 heterocycles. The van der Waals surface area contributed by atoms with E-state index in [1.807, 2.05) is 0 Å². The molecule has 1 aliphatic heterocycles. The Labute approximate surface area is 125 Å². The molecule has 5 nitrogen and oxygen atoms in total. The van der Waals surface area contributed by atoms with Crippen molar-refractivity contribution in [3.63, 3.8) is 0 Å². The van der Waals surface area contributed by atoms with Gasteiger partial charge in [0.2, 0.25) is 0 Å². The van der Waals surface area contributed by atoms with Crippen molar-refractivity contribution in [3.05, 3.63) is 0 Å². The van der Waals surface area contributed by atoms with Crippen molar-refractivity contribution in [3.8, 4) is 0 Å². The molecule has 0 amide bonds. The molecular formula is C14H32N2O3Si. The zero-order valence-corrected chi connectivity index (χ0v) is 15.2. The summed E-state index contributed by atoms with van der Waals surface area (Å²) in [6.07, 6.45) is 3.71. The molecule has 0 aromatic carbocycles. The Balaban J connectivity index is 2.62. The minimum absolute atomic E-state index is 0.166. The molecule has 1 fully saturated rings. The first-order chi connectivity index (χ1) is 9.23. The summed E-state index contributed by atoms with van der Waals surface area (Å²) in [4.78, 5) is 0. The van der Waals surface area contributed by atoms with Crippen LogP contribution in [0.25, 0.3) is 0 Å². The molecule has 120 valence electrons. The van der Waals surface area contributed by atoms with E-state index < -0.39 is 8.80 Å². The third-order valence-corrected chi connectivity index (χ3v) is 7.15. The largest absolute Gasteiger partial charge is 0.501 e. The lowest BCUT2D eigenvalue weighted by Gasteiger charge is -2.52. The maximum absolute atomic E-state index is 5.47. The molecule has 1 saturated heterocycles. The van der Waals surface area contributed by atoms with Crippen LogP contribution in [-0.2, 0) is 13.3 Å². The van der Waals surface area contributed by atoms with Crippen LogP contribution in [0.4, 0.5) is 0 Å². The van der Waals surface area contributed by atoms with Gasteiger partial charge in [-0.05, 0) is 47.0 Å². The number of rotatable bonds is 7. The number of hydrogen-bond donors (Lipinski definition) is 1. The van der Waals surface area contributed by atoms with E-state index in [0.29, 0.717) is 0 Å². The van der Waals surface area contributed by atoms with Gasteiger partial charge in [0.1, 0.15) is 0 Å². The molecule has 20 heavy (non-hydrogen) atoms. The molecule has 0 radical (unpaired) electrons. The van der Waals surface area contributed by atoms with Crippen LogP contribution in [0.2, 0.25) is 6.04 Å². The van der Waals surface area contributed by atoms with Crippen LogP contribution in [-0.4, -0.2) is 52.8 Å². The fourth-order valence-electron chi connectivity index (χ4n) is 3.30. The molecule has 0 saturated carbocycles. The van der Waals surface area contributed by atoms with E-state index in [9.17, 15) is 0 Å². The maximum Gasteiger partial charge on any atom is 0.501 e. The first kappa shape index (κ1) is 18.1. The average Bonchev–Trinajstić information content (AvgIpc) is 2.37. The fourth-order valence-corrected chi connectivity index (χ4v) is 4.83. The SMILES string of the molecule is CO[Si](CCNN1C(C)(C)CCCC1(C)C)(OC)OC. The quantitative estimate of drug-likeness (QED) is 0.732. The van der Waals surface area contributed by atoms with E-state index in [2.05, 4.69) is 38.1 Å². The van der Waals surface area contributed by atoms with E-state index in [4.69, 9.17) is 13.3 Å². The third kappa shape index (κ3) is 4.02. The minimum atomic E-state index is -2.48. The van der Waals surface area contributed by atoms with Gasteiger partial charge in [-0.25, -0.2) is 5.01 Å². The van der Waals surface area contributed by atoms with Crippen molar-refractivity contribution in [2.45, 2.75) is 64.1 Å². The lowest BCUT2D eigenvalue weighted by Crippen LogP contribution is -2.64. The zero-order valence-electron chi connectivity index (χ0n) is 14.2. The van der Waals surface area contributed by atoms with Crippen LogP contribution >= 0.6 is 0 Å². The second-order valence-electron chi connectivity index (χ2n) is 6.77. The highest BCUT2D eigenvalue weighted by atomic mass is 28.4. The second-order valence-corrected chi connectivity index (χ2v) is 9.86. The molecule has 1 aliphatic rings. The molecule has 0 spiro atoms. The number of hydrazine groups is 1. The van der Waals surface area contributed by atoms with E-state index in [0.717, 1.165) is 12.6 Å². The maximum atomic E-state index is 5.47. The Morgan fingerprint density at radius 2 is 1.40 bits per heavy atom. The van der Waals surface area contributed by atoms with Gasteiger partial charge in [0, 0.05) is 45.0 Å². The van der Waals surface area contributed by atoms with Crippen LogP contribution in [0.5, 0.6) is 0 Å². The monoisotopic (exact) mass is 304 g/mol. The van der Waals surface area contributed by atoms with E-state index >= 15 is 0 Å². The molecule has 6 heteroatoms. The summed E-state index contributed by atoms with van der Waals surface area (Å²) in [7, 11) is 2.50. The van der Waals surface area contributed by atoms with Gasteiger partial charge >= 0.3 is 8.80 Å². The number of hydrogen-bond acceptors (Lipinski definition) is 5. The van der Waals surface area contributed by atoms with E-state index in [1.165, 1.54) is 19.3 Å². The van der Waals surface area contributed by atoms with Gasteiger partial charge < -0.3 is 13.3 Å². The molecular weight excluding hydrogens is 272 g/mol. The topological polar surface area (TPSA) is 43.0 Å². The Morgan fingerprint density at radius 1 is 0.950 bits per heavy atom. The van der Waals surface area contributed by atoms with Crippen molar-refractivity contribution < 1.29 is 13.3 Å². The van der Waals surface area contributed by atoms with Gasteiger partial charge in [-0.3, -0.25) is 5.43 Å². The van der Waals surface area contributed by atoms with Gasteiger partial charge in [0.25, 0.3) is 0 Å². The van der Waals surface area contributed by atoms with Gasteiger partial charge in [-0.1, -0.05) is 0 Å². The Kier molecular flexibility index (Phi) is 6.19. The standard InChI is InChI=1S/C14H32N2O3Si/c1-13(2)9-8-10-14(3,4)16(13)15-11-12-20(17-5,18-6)19-7/h15H,8-12H2,1-7H3. The van der Waals surface area contributed by atoms with Crippen LogP contribution in [0.15, 0.2) is 0 Å². The summed E-state index contributed by atoms with van der Waals surface area (Å²) in [5.41, 5.74) is 3.92. The van der Waals surface area contributed by atoms with Crippen LogP contribution in [0.3, 0.4) is 0 Å². The summed E-state index contributed by atoms with van der Waals surface area (Å²) >= 11 is 0. The minimum Gasteiger partial charge on any atom is -0.377 e. The Bertz CT molecular complexity index is 283. The summed E-state index contributed by atoms with van der Waals surface area (Å²) in [6, 6.07) is 0.763. The number of nitrogens with zero attached hydrogens (tertiary/aromatic N) is 1.